The Morgan fingerprint density at radius 2 is 2.14 bits per heavy atom. The van der Waals surface area contributed by atoms with Crippen molar-refractivity contribution in [2.75, 3.05) is 27.2 Å². The zero-order valence-corrected chi connectivity index (χ0v) is 16.1. The average Bonchev–Trinajstić information content (AvgIpc) is 3.17. The van der Waals surface area contributed by atoms with Crippen LogP contribution >= 0.6 is 0 Å². The van der Waals surface area contributed by atoms with Crippen LogP contribution in [0.3, 0.4) is 0 Å². The molecule has 2 amide bonds. The zero-order valence-electron chi connectivity index (χ0n) is 16.1. The van der Waals surface area contributed by atoms with Crippen molar-refractivity contribution in [3.05, 3.63) is 53.9 Å². The number of methoxy groups -OCH3 is 1. The summed E-state index contributed by atoms with van der Waals surface area (Å²) in [4.78, 5) is 20.8. The Bertz CT molecular complexity index is 1120. The van der Waals surface area contributed by atoms with E-state index >= 15 is 0 Å². The van der Waals surface area contributed by atoms with Crippen LogP contribution in [0.1, 0.15) is 12.1 Å². The Morgan fingerprint density at radius 3 is 2.83 bits per heavy atom. The summed E-state index contributed by atoms with van der Waals surface area (Å²) in [7, 11) is 3.06. The molecule has 0 aliphatic carbocycles. The number of fused-ring (bicyclic) bond motifs is 1. The van der Waals surface area contributed by atoms with Gasteiger partial charge in [0, 0.05) is 42.3 Å². The monoisotopic (exact) mass is 398 g/mol. The number of ether oxygens (including phenoxy) is 1. The molecule has 150 valence electrons. The van der Waals surface area contributed by atoms with E-state index in [4.69, 9.17) is 4.74 Å². The van der Waals surface area contributed by atoms with Crippen molar-refractivity contribution in [2.45, 2.75) is 6.42 Å². The van der Waals surface area contributed by atoms with Crippen LogP contribution in [0.15, 0.2) is 36.5 Å². The molecule has 0 bridgehead atoms. The topological polar surface area (TPSA) is 70.2 Å². The van der Waals surface area contributed by atoms with E-state index in [1.54, 1.807) is 11.9 Å². The summed E-state index contributed by atoms with van der Waals surface area (Å²) < 4.78 is 34.0. The van der Waals surface area contributed by atoms with Gasteiger partial charge in [-0.15, -0.1) is 0 Å². The lowest BCUT2D eigenvalue weighted by atomic mass is 10.0. The number of hydrogen-bond donors (Lipinski definition) is 2. The Morgan fingerprint density at radius 1 is 1.31 bits per heavy atom. The minimum absolute atomic E-state index is 0.124. The SMILES string of the molecule is CNC(=O)N1CC=C(c2cc3c(-c4cc(F)ccc4OC)c(F)cnc3[nH]2)CC1. The highest BCUT2D eigenvalue weighted by Crippen LogP contribution is 2.38. The van der Waals surface area contributed by atoms with Gasteiger partial charge in [-0.05, 0) is 36.3 Å². The summed E-state index contributed by atoms with van der Waals surface area (Å²) in [5.74, 6) is -0.667. The van der Waals surface area contributed by atoms with Crippen LogP contribution in [0.4, 0.5) is 13.6 Å². The number of urea groups is 1. The smallest absolute Gasteiger partial charge is 0.317 e. The number of benzene rings is 1. The van der Waals surface area contributed by atoms with Crippen molar-refractivity contribution in [1.29, 1.82) is 0 Å². The summed E-state index contributed by atoms with van der Waals surface area (Å²) in [5, 5.41) is 3.15. The number of hydrogen-bond acceptors (Lipinski definition) is 3. The van der Waals surface area contributed by atoms with Crippen LogP contribution in [0.5, 0.6) is 5.75 Å². The first-order valence-corrected chi connectivity index (χ1v) is 9.19. The van der Waals surface area contributed by atoms with E-state index < -0.39 is 11.6 Å². The average molecular weight is 398 g/mol. The molecule has 0 atom stereocenters. The lowest BCUT2D eigenvalue weighted by Crippen LogP contribution is -2.40. The van der Waals surface area contributed by atoms with Gasteiger partial charge >= 0.3 is 6.03 Å². The minimum atomic E-state index is -0.560. The second-order valence-corrected chi connectivity index (χ2v) is 6.75. The van der Waals surface area contributed by atoms with E-state index in [2.05, 4.69) is 15.3 Å². The van der Waals surface area contributed by atoms with E-state index in [0.29, 0.717) is 41.9 Å². The van der Waals surface area contributed by atoms with Crippen molar-refractivity contribution < 1.29 is 18.3 Å². The third kappa shape index (κ3) is 3.41. The molecule has 0 radical (unpaired) electrons. The highest BCUT2D eigenvalue weighted by molar-refractivity contribution is 5.97. The first-order valence-electron chi connectivity index (χ1n) is 9.19. The molecule has 2 N–H and O–H groups in total. The van der Waals surface area contributed by atoms with Gasteiger partial charge in [-0.2, -0.15) is 0 Å². The molecule has 1 aromatic carbocycles. The van der Waals surface area contributed by atoms with Crippen LogP contribution in [0, 0.1) is 11.6 Å². The van der Waals surface area contributed by atoms with Crippen LogP contribution in [-0.4, -0.2) is 48.1 Å². The molecule has 3 heterocycles. The second kappa shape index (κ2) is 7.54. The Hall–Kier alpha value is -3.42. The molecule has 4 rings (SSSR count). The van der Waals surface area contributed by atoms with Gasteiger partial charge in [-0.3, -0.25) is 0 Å². The quantitative estimate of drug-likeness (QED) is 0.702. The largest absolute Gasteiger partial charge is 0.496 e. The molecule has 0 unspecified atom stereocenters. The van der Waals surface area contributed by atoms with Gasteiger partial charge in [0.1, 0.15) is 23.0 Å². The van der Waals surface area contributed by atoms with E-state index in [-0.39, 0.29) is 11.6 Å². The lowest BCUT2D eigenvalue weighted by molar-refractivity contribution is 0.205. The number of pyridine rings is 1. The summed E-state index contributed by atoms with van der Waals surface area (Å²) in [5.41, 5.74) is 2.87. The van der Waals surface area contributed by atoms with Gasteiger partial charge in [0.05, 0.1) is 13.3 Å². The maximum atomic E-state index is 14.8. The molecular weight excluding hydrogens is 378 g/mol. The highest BCUT2D eigenvalue weighted by atomic mass is 19.1. The first-order chi connectivity index (χ1) is 14.0. The van der Waals surface area contributed by atoms with Gasteiger partial charge in [0.25, 0.3) is 0 Å². The van der Waals surface area contributed by atoms with E-state index in [1.807, 2.05) is 12.1 Å². The molecule has 0 spiro atoms. The molecule has 3 aromatic rings. The molecule has 0 saturated carbocycles. The highest BCUT2D eigenvalue weighted by Gasteiger charge is 2.21. The molecule has 1 aliphatic heterocycles. The van der Waals surface area contributed by atoms with Crippen LogP contribution in [0.2, 0.25) is 0 Å². The minimum Gasteiger partial charge on any atom is -0.496 e. The molecule has 8 heteroatoms. The molecule has 0 saturated heterocycles. The number of halogens is 2. The van der Waals surface area contributed by atoms with E-state index in [0.717, 1.165) is 17.5 Å². The van der Waals surface area contributed by atoms with Crippen molar-refractivity contribution in [3.63, 3.8) is 0 Å². The molecule has 0 fully saturated rings. The first kappa shape index (κ1) is 18.9. The molecule has 2 aromatic heterocycles. The third-order valence-electron chi connectivity index (χ3n) is 5.10. The predicted octanol–water partition coefficient (Wildman–Crippen LogP) is 3.95. The maximum absolute atomic E-state index is 14.8. The number of amides is 2. The van der Waals surface area contributed by atoms with Gasteiger partial charge in [0.15, 0.2) is 0 Å². The molecule has 29 heavy (non-hydrogen) atoms. The number of nitrogens with zero attached hydrogens (tertiary/aromatic N) is 2. The van der Waals surface area contributed by atoms with Crippen molar-refractivity contribution >= 4 is 22.6 Å². The number of rotatable bonds is 3. The Labute approximate surface area is 166 Å². The van der Waals surface area contributed by atoms with Crippen molar-refractivity contribution in [2.24, 2.45) is 0 Å². The number of carbonyl (C=O) groups is 1. The van der Waals surface area contributed by atoms with Gasteiger partial charge in [-0.1, -0.05) is 6.08 Å². The van der Waals surface area contributed by atoms with Crippen molar-refractivity contribution in [1.82, 2.24) is 20.2 Å². The number of aromatic amines is 1. The van der Waals surface area contributed by atoms with E-state index in [9.17, 15) is 13.6 Å². The summed E-state index contributed by atoms with van der Waals surface area (Å²) >= 11 is 0. The molecule has 6 nitrogen and oxygen atoms in total. The van der Waals surface area contributed by atoms with Gasteiger partial charge in [0.2, 0.25) is 0 Å². The standard InChI is InChI=1S/C21H20F2N4O2/c1-24-21(28)27-7-5-12(6-8-27)17-10-15-19(16(23)11-25-20(15)26-17)14-9-13(22)3-4-18(14)29-2/h3-5,9-11H,6-8H2,1-2H3,(H,24,28)(H,25,26). The zero-order chi connectivity index (χ0) is 20.5. The second-order valence-electron chi connectivity index (χ2n) is 6.75. The van der Waals surface area contributed by atoms with Crippen LogP contribution in [-0.2, 0) is 0 Å². The molecular formula is C21H20F2N4O2. The number of aromatic nitrogens is 2. The summed E-state index contributed by atoms with van der Waals surface area (Å²) in [6.07, 6.45) is 3.73. The number of carbonyl (C=O) groups excluding carboxylic acids is 1. The number of H-pyrrole nitrogens is 1. The third-order valence-corrected chi connectivity index (χ3v) is 5.10. The number of nitrogens with one attached hydrogen (secondary N) is 2. The van der Waals surface area contributed by atoms with Crippen molar-refractivity contribution in [3.8, 4) is 16.9 Å². The fourth-order valence-corrected chi connectivity index (χ4v) is 3.63. The fraction of sp³-hybridized carbons (Fsp3) is 0.238. The predicted molar refractivity (Wildman–Crippen MR) is 107 cm³/mol. The lowest BCUT2D eigenvalue weighted by Gasteiger charge is -2.25. The van der Waals surface area contributed by atoms with Crippen LogP contribution < -0.4 is 10.1 Å². The van der Waals surface area contributed by atoms with Gasteiger partial charge in [-0.25, -0.2) is 18.6 Å². The summed E-state index contributed by atoms with van der Waals surface area (Å²) in [6.45, 7) is 1.06. The van der Waals surface area contributed by atoms with Crippen LogP contribution in [0.25, 0.3) is 27.7 Å². The Balaban J connectivity index is 1.79. The normalized spacial score (nSPS) is 14.1. The fourth-order valence-electron chi connectivity index (χ4n) is 3.63. The maximum Gasteiger partial charge on any atom is 0.317 e. The summed E-state index contributed by atoms with van der Waals surface area (Å²) in [6, 6.07) is 5.69. The van der Waals surface area contributed by atoms with E-state index in [1.165, 1.54) is 25.3 Å². The van der Waals surface area contributed by atoms with Gasteiger partial charge < -0.3 is 19.9 Å². The molecule has 1 aliphatic rings. The Kier molecular flexibility index (Phi) is 4.92.